The van der Waals surface area contributed by atoms with E-state index in [1.165, 1.54) is 4.90 Å². The Kier molecular flexibility index (Phi) is 6.60. The van der Waals surface area contributed by atoms with Crippen LogP contribution in [0.4, 0.5) is 5.82 Å². The molecule has 0 aliphatic heterocycles. The molecule has 0 unspecified atom stereocenters. The molecule has 0 aliphatic carbocycles. The molecule has 0 bridgehead atoms. The third-order valence-corrected chi connectivity index (χ3v) is 5.81. The lowest BCUT2D eigenvalue weighted by molar-refractivity contribution is -0.116. The highest BCUT2D eigenvalue weighted by atomic mass is 16.5. The summed E-state index contributed by atoms with van der Waals surface area (Å²) >= 11 is 0. The average Bonchev–Trinajstić information content (AvgIpc) is 3.27. The molecule has 3 aromatic carbocycles. The number of nitrogens with zero attached hydrogens (tertiary/aromatic N) is 3. The van der Waals surface area contributed by atoms with Gasteiger partial charge in [-0.3, -0.25) is 9.59 Å². The maximum Gasteiger partial charge on any atom is 0.254 e. The summed E-state index contributed by atoms with van der Waals surface area (Å²) in [6.07, 6.45) is 0. The molecule has 7 nitrogen and oxygen atoms in total. The minimum atomic E-state index is -0.309. The second-order valence-electron chi connectivity index (χ2n) is 9.51. The highest BCUT2D eigenvalue weighted by Crippen LogP contribution is 2.27. The fourth-order valence-electron chi connectivity index (χ4n) is 3.84. The fraction of sp³-hybridized carbons (Fsp3) is 0.250. The number of carbonyl (C=O) groups excluding carboxylic acids is 2. The molecule has 0 saturated heterocycles. The van der Waals surface area contributed by atoms with E-state index in [1.54, 1.807) is 24.9 Å². The number of ether oxygens (including phenoxy) is 1. The van der Waals surface area contributed by atoms with Crippen molar-refractivity contribution in [3.8, 4) is 11.4 Å². The minimum Gasteiger partial charge on any atom is -0.497 e. The van der Waals surface area contributed by atoms with Gasteiger partial charge in [-0.05, 0) is 41.1 Å². The number of aromatic nitrogens is 2. The van der Waals surface area contributed by atoms with Gasteiger partial charge >= 0.3 is 0 Å². The molecule has 180 valence electrons. The molecule has 4 aromatic rings. The summed E-state index contributed by atoms with van der Waals surface area (Å²) in [5.41, 5.74) is 1.98. The van der Waals surface area contributed by atoms with Crippen LogP contribution in [0, 0.1) is 0 Å². The summed E-state index contributed by atoms with van der Waals surface area (Å²) in [6.45, 7) is 6.10. The van der Waals surface area contributed by atoms with Crippen molar-refractivity contribution in [3.63, 3.8) is 0 Å². The molecule has 7 heteroatoms. The zero-order valence-corrected chi connectivity index (χ0v) is 20.7. The molecule has 4 rings (SSSR count). The van der Waals surface area contributed by atoms with Crippen LogP contribution in [0.1, 0.15) is 36.8 Å². The Labute approximate surface area is 205 Å². The van der Waals surface area contributed by atoms with Gasteiger partial charge in [-0.25, -0.2) is 4.68 Å². The molecule has 0 atom stereocenters. The molecule has 1 aromatic heterocycles. The van der Waals surface area contributed by atoms with Crippen molar-refractivity contribution in [1.29, 1.82) is 0 Å². The second-order valence-corrected chi connectivity index (χ2v) is 9.51. The van der Waals surface area contributed by atoms with Gasteiger partial charge in [0.1, 0.15) is 11.6 Å². The molecule has 0 saturated carbocycles. The average molecular weight is 471 g/mol. The van der Waals surface area contributed by atoms with E-state index in [9.17, 15) is 9.59 Å². The summed E-state index contributed by atoms with van der Waals surface area (Å²) in [4.78, 5) is 27.6. The van der Waals surface area contributed by atoms with Crippen molar-refractivity contribution in [1.82, 2.24) is 14.7 Å². The summed E-state index contributed by atoms with van der Waals surface area (Å²) in [6, 6.07) is 22.6. The molecular weight excluding hydrogens is 440 g/mol. The van der Waals surface area contributed by atoms with Crippen molar-refractivity contribution < 1.29 is 14.3 Å². The van der Waals surface area contributed by atoms with Gasteiger partial charge in [0.25, 0.3) is 5.91 Å². The lowest BCUT2D eigenvalue weighted by atomic mass is 9.92. The van der Waals surface area contributed by atoms with Gasteiger partial charge in [0.2, 0.25) is 5.91 Å². The van der Waals surface area contributed by atoms with E-state index in [-0.39, 0.29) is 23.8 Å². The first-order chi connectivity index (χ1) is 16.7. The third-order valence-electron chi connectivity index (χ3n) is 5.81. The molecule has 0 fully saturated rings. The first-order valence-corrected chi connectivity index (χ1v) is 11.5. The zero-order chi connectivity index (χ0) is 25.2. The maximum absolute atomic E-state index is 13.1. The molecule has 1 heterocycles. The van der Waals surface area contributed by atoms with E-state index in [0.29, 0.717) is 11.4 Å². The van der Waals surface area contributed by atoms with Crippen LogP contribution in [0.25, 0.3) is 16.5 Å². The topological polar surface area (TPSA) is 76.5 Å². The van der Waals surface area contributed by atoms with Gasteiger partial charge in [0.05, 0.1) is 25.0 Å². The molecular formula is C28H30N4O3. The number of rotatable bonds is 6. The highest BCUT2D eigenvalue weighted by Gasteiger charge is 2.23. The third kappa shape index (κ3) is 5.19. The van der Waals surface area contributed by atoms with Crippen LogP contribution >= 0.6 is 0 Å². The zero-order valence-electron chi connectivity index (χ0n) is 20.7. The number of hydrogen-bond donors (Lipinski definition) is 1. The molecule has 0 spiro atoms. The number of fused-ring (bicyclic) bond motifs is 1. The van der Waals surface area contributed by atoms with Gasteiger partial charge in [-0.2, -0.15) is 5.10 Å². The van der Waals surface area contributed by atoms with Gasteiger partial charge < -0.3 is 15.0 Å². The van der Waals surface area contributed by atoms with E-state index in [1.807, 2.05) is 66.7 Å². The normalized spacial score (nSPS) is 11.3. The number of likely N-dealkylation sites (N-methyl/N-ethyl adjacent to an activating group) is 1. The summed E-state index contributed by atoms with van der Waals surface area (Å²) in [5, 5.41) is 9.52. The van der Waals surface area contributed by atoms with Crippen LogP contribution in [0.3, 0.4) is 0 Å². The van der Waals surface area contributed by atoms with E-state index in [4.69, 9.17) is 9.84 Å². The van der Waals surface area contributed by atoms with E-state index < -0.39 is 0 Å². The van der Waals surface area contributed by atoms with Gasteiger partial charge in [-0.1, -0.05) is 57.2 Å². The van der Waals surface area contributed by atoms with Gasteiger partial charge in [-0.15, -0.1) is 0 Å². The minimum absolute atomic E-state index is 0.0965. The standard InChI is InChI=1S/C28H30N4O3/c1-28(2,3)24-17-25(32(30-24)20-13-15-21(35-5)16-14-20)29-26(33)18-31(4)27(34)23-12-8-10-19-9-6-7-11-22(19)23/h6-17H,18H2,1-5H3,(H,29,33). The van der Waals surface area contributed by atoms with Crippen LogP contribution in [-0.4, -0.2) is 47.2 Å². The number of methoxy groups -OCH3 is 1. The number of anilines is 1. The van der Waals surface area contributed by atoms with Crippen LogP contribution < -0.4 is 10.1 Å². The van der Waals surface area contributed by atoms with Gasteiger partial charge in [0, 0.05) is 24.1 Å². The van der Waals surface area contributed by atoms with Crippen LogP contribution in [-0.2, 0) is 10.2 Å². The summed E-state index contributed by atoms with van der Waals surface area (Å²) in [7, 11) is 3.24. The smallest absolute Gasteiger partial charge is 0.254 e. The van der Waals surface area contributed by atoms with Crippen molar-refractivity contribution in [3.05, 3.63) is 84.1 Å². The Morgan fingerprint density at radius 2 is 1.69 bits per heavy atom. The predicted molar refractivity (Wildman–Crippen MR) is 138 cm³/mol. The molecule has 35 heavy (non-hydrogen) atoms. The Balaban J connectivity index is 1.56. The second kappa shape index (κ2) is 9.62. The van der Waals surface area contributed by atoms with Crippen molar-refractivity contribution in [2.24, 2.45) is 0 Å². The first-order valence-electron chi connectivity index (χ1n) is 11.5. The number of carbonyl (C=O) groups is 2. The van der Waals surface area contributed by atoms with E-state index in [0.717, 1.165) is 27.9 Å². The number of nitrogens with one attached hydrogen (secondary N) is 1. The number of amides is 2. The SMILES string of the molecule is COc1ccc(-n2nc(C(C)(C)C)cc2NC(=O)CN(C)C(=O)c2cccc3ccccc23)cc1. The maximum atomic E-state index is 13.1. The van der Waals surface area contributed by atoms with Crippen LogP contribution in [0.5, 0.6) is 5.75 Å². The van der Waals surface area contributed by atoms with E-state index >= 15 is 0 Å². The Bertz CT molecular complexity index is 1360. The first kappa shape index (κ1) is 24.0. The molecule has 2 amide bonds. The highest BCUT2D eigenvalue weighted by molar-refractivity contribution is 6.08. The molecule has 0 aliphatic rings. The van der Waals surface area contributed by atoms with Crippen molar-refractivity contribution in [2.45, 2.75) is 26.2 Å². The summed E-state index contributed by atoms with van der Waals surface area (Å²) < 4.78 is 6.95. The lowest BCUT2D eigenvalue weighted by Gasteiger charge is -2.18. The number of hydrogen-bond acceptors (Lipinski definition) is 4. The Morgan fingerprint density at radius 3 is 2.37 bits per heavy atom. The Hall–Kier alpha value is -4.13. The number of benzene rings is 3. The Morgan fingerprint density at radius 1 is 1.00 bits per heavy atom. The van der Waals surface area contributed by atoms with E-state index in [2.05, 4.69) is 26.1 Å². The lowest BCUT2D eigenvalue weighted by Crippen LogP contribution is -2.35. The largest absolute Gasteiger partial charge is 0.497 e. The van der Waals surface area contributed by atoms with Crippen LogP contribution in [0.15, 0.2) is 72.8 Å². The fourth-order valence-corrected chi connectivity index (χ4v) is 3.84. The predicted octanol–water partition coefficient (Wildman–Crippen LogP) is 5.04. The monoisotopic (exact) mass is 470 g/mol. The molecule has 1 N–H and O–H groups in total. The van der Waals surface area contributed by atoms with Crippen molar-refractivity contribution in [2.75, 3.05) is 26.0 Å². The quantitative estimate of drug-likeness (QED) is 0.428. The van der Waals surface area contributed by atoms with Gasteiger partial charge in [0.15, 0.2) is 0 Å². The summed E-state index contributed by atoms with van der Waals surface area (Å²) in [5.74, 6) is 0.749. The van der Waals surface area contributed by atoms with Crippen molar-refractivity contribution >= 4 is 28.4 Å². The van der Waals surface area contributed by atoms with Crippen LogP contribution in [0.2, 0.25) is 0 Å². The molecule has 0 radical (unpaired) electrons.